The Morgan fingerprint density at radius 1 is 1.14 bits per heavy atom. The number of methoxy groups -OCH3 is 2. The van der Waals surface area contributed by atoms with Crippen molar-refractivity contribution in [3.8, 4) is 11.5 Å². The van der Waals surface area contributed by atoms with Gasteiger partial charge in [-0.15, -0.1) is 0 Å². The fraction of sp³-hybridized carbons (Fsp3) is 0.647. The van der Waals surface area contributed by atoms with Crippen LogP contribution in [0.25, 0.3) is 0 Å². The highest BCUT2D eigenvalue weighted by Gasteiger charge is 2.15. The molecule has 0 saturated carbocycles. The first-order valence-electron chi connectivity index (χ1n) is 8.04. The molecule has 5 heteroatoms. The second kappa shape index (κ2) is 8.98. The maximum Gasteiger partial charge on any atom is 0.122 e. The van der Waals surface area contributed by atoms with Crippen molar-refractivity contribution >= 4 is 0 Å². The summed E-state index contributed by atoms with van der Waals surface area (Å²) in [6.07, 6.45) is 2.86. The summed E-state index contributed by atoms with van der Waals surface area (Å²) in [5, 5.41) is 13.0. The Bertz CT molecular complexity index is 423. The van der Waals surface area contributed by atoms with E-state index in [2.05, 4.69) is 10.2 Å². The molecule has 0 radical (unpaired) electrons. The second-order valence-electron chi connectivity index (χ2n) is 5.82. The molecule has 0 atom stereocenters. The molecule has 124 valence electrons. The molecular weight excluding hydrogens is 280 g/mol. The number of likely N-dealkylation sites (tertiary alicyclic amines) is 1. The largest absolute Gasteiger partial charge is 0.497 e. The van der Waals surface area contributed by atoms with Crippen molar-refractivity contribution in [3.63, 3.8) is 0 Å². The number of piperidine rings is 1. The molecule has 1 saturated heterocycles. The number of hydrogen-bond acceptors (Lipinski definition) is 5. The van der Waals surface area contributed by atoms with Gasteiger partial charge >= 0.3 is 0 Å². The van der Waals surface area contributed by atoms with Crippen LogP contribution in [-0.2, 0) is 6.54 Å². The summed E-state index contributed by atoms with van der Waals surface area (Å²) in [6.45, 7) is 4.94. The first kappa shape index (κ1) is 17.1. The van der Waals surface area contributed by atoms with Crippen LogP contribution in [-0.4, -0.2) is 56.5 Å². The van der Waals surface area contributed by atoms with Crippen LogP contribution >= 0.6 is 0 Å². The van der Waals surface area contributed by atoms with Crippen molar-refractivity contribution in [1.29, 1.82) is 0 Å². The molecule has 1 heterocycles. The summed E-state index contributed by atoms with van der Waals surface area (Å²) in [5.74, 6) is 1.64. The Morgan fingerprint density at radius 2 is 1.77 bits per heavy atom. The summed E-state index contributed by atoms with van der Waals surface area (Å²) >= 11 is 0. The molecule has 0 bridgehead atoms. The van der Waals surface area contributed by atoms with E-state index >= 15 is 0 Å². The summed E-state index contributed by atoms with van der Waals surface area (Å²) in [5.41, 5.74) is 1.16. The van der Waals surface area contributed by atoms with Crippen molar-refractivity contribution in [2.75, 3.05) is 40.4 Å². The Balaban J connectivity index is 1.66. The van der Waals surface area contributed by atoms with E-state index in [1.807, 2.05) is 18.2 Å². The number of hydrogen-bond donors (Lipinski definition) is 2. The number of aliphatic hydroxyl groups is 1. The van der Waals surface area contributed by atoms with E-state index in [0.717, 1.165) is 69.0 Å². The molecule has 2 N–H and O–H groups in total. The van der Waals surface area contributed by atoms with Crippen LogP contribution in [0.1, 0.15) is 24.8 Å². The van der Waals surface area contributed by atoms with E-state index in [0.29, 0.717) is 0 Å². The van der Waals surface area contributed by atoms with Crippen molar-refractivity contribution < 1.29 is 14.6 Å². The van der Waals surface area contributed by atoms with Gasteiger partial charge in [0.2, 0.25) is 0 Å². The maximum atomic E-state index is 9.49. The van der Waals surface area contributed by atoms with Gasteiger partial charge < -0.3 is 24.8 Å². The first-order chi connectivity index (χ1) is 10.7. The standard InChI is InChI=1S/C17H28N2O3/c1-21-16-10-14(11-17(12-16)22-2)13-18-6-3-7-19-8-4-15(20)5-9-19/h10-12,15,18,20H,3-9,13H2,1-2H3. The monoisotopic (exact) mass is 308 g/mol. The normalized spacial score (nSPS) is 16.7. The average Bonchev–Trinajstić information content (AvgIpc) is 2.55. The van der Waals surface area contributed by atoms with E-state index in [1.54, 1.807) is 14.2 Å². The van der Waals surface area contributed by atoms with Crippen LogP contribution < -0.4 is 14.8 Å². The summed E-state index contributed by atoms with van der Waals surface area (Å²) < 4.78 is 10.6. The highest BCUT2D eigenvalue weighted by molar-refractivity contribution is 5.38. The van der Waals surface area contributed by atoms with E-state index < -0.39 is 0 Å². The fourth-order valence-electron chi connectivity index (χ4n) is 2.77. The van der Waals surface area contributed by atoms with Crippen LogP contribution in [0, 0.1) is 0 Å². The molecule has 0 amide bonds. The van der Waals surface area contributed by atoms with Crippen LogP contribution in [0.15, 0.2) is 18.2 Å². The molecule has 2 rings (SSSR count). The molecule has 0 unspecified atom stereocenters. The lowest BCUT2D eigenvalue weighted by Gasteiger charge is -2.29. The van der Waals surface area contributed by atoms with E-state index in [1.165, 1.54) is 0 Å². The molecule has 0 aromatic heterocycles. The third kappa shape index (κ3) is 5.48. The predicted molar refractivity (Wildman–Crippen MR) is 87.6 cm³/mol. The van der Waals surface area contributed by atoms with Crippen LogP contribution in [0.4, 0.5) is 0 Å². The average molecular weight is 308 g/mol. The molecule has 0 aliphatic carbocycles. The highest BCUT2D eigenvalue weighted by Crippen LogP contribution is 2.22. The Morgan fingerprint density at radius 3 is 2.36 bits per heavy atom. The van der Waals surface area contributed by atoms with Gasteiger partial charge in [0.25, 0.3) is 0 Å². The third-order valence-corrected chi connectivity index (χ3v) is 4.13. The molecule has 0 spiro atoms. The lowest BCUT2D eigenvalue weighted by atomic mass is 10.1. The number of nitrogens with one attached hydrogen (secondary N) is 1. The maximum absolute atomic E-state index is 9.49. The quantitative estimate of drug-likeness (QED) is 0.715. The Kier molecular flexibility index (Phi) is 6.96. The molecule has 1 aliphatic rings. The Labute approximate surface area is 133 Å². The number of rotatable bonds is 8. The van der Waals surface area contributed by atoms with Crippen LogP contribution in [0.2, 0.25) is 0 Å². The summed E-state index contributed by atoms with van der Waals surface area (Å²) in [4.78, 5) is 2.43. The highest BCUT2D eigenvalue weighted by atomic mass is 16.5. The van der Waals surface area contributed by atoms with Gasteiger partial charge in [0.05, 0.1) is 20.3 Å². The predicted octanol–water partition coefficient (Wildman–Crippen LogP) is 1.64. The zero-order chi connectivity index (χ0) is 15.8. The summed E-state index contributed by atoms with van der Waals surface area (Å²) in [7, 11) is 3.34. The zero-order valence-corrected chi connectivity index (χ0v) is 13.7. The van der Waals surface area contributed by atoms with Crippen molar-refractivity contribution in [3.05, 3.63) is 23.8 Å². The topological polar surface area (TPSA) is 54.0 Å². The van der Waals surface area contributed by atoms with Crippen molar-refractivity contribution in [2.24, 2.45) is 0 Å². The Hall–Kier alpha value is -1.30. The van der Waals surface area contributed by atoms with Gasteiger partial charge in [-0.25, -0.2) is 0 Å². The number of benzene rings is 1. The minimum absolute atomic E-state index is 0.0857. The van der Waals surface area contributed by atoms with Crippen LogP contribution in [0.5, 0.6) is 11.5 Å². The van der Waals surface area contributed by atoms with E-state index in [4.69, 9.17) is 9.47 Å². The minimum atomic E-state index is -0.0857. The molecule has 1 aliphatic heterocycles. The molecule has 1 aromatic rings. The fourth-order valence-corrected chi connectivity index (χ4v) is 2.77. The van der Waals surface area contributed by atoms with Crippen molar-refractivity contribution in [1.82, 2.24) is 10.2 Å². The molecule has 5 nitrogen and oxygen atoms in total. The lowest BCUT2D eigenvalue weighted by molar-refractivity contribution is 0.0821. The number of ether oxygens (including phenoxy) is 2. The van der Waals surface area contributed by atoms with Gasteiger partial charge in [-0.1, -0.05) is 0 Å². The van der Waals surface area contributed by atoms with Crippen molar-refractivity contribution in [2.45, 2.75) is 31.9 Å². The summed E-state index contributed by atoms with van der Waals surface area (Å²) in [6, 6.07) is 5.94. The van der Waals surface area contributed by atoms with Crippen LogP contribution in [0.3, 0.4) is 0 Å². The zero-order valence-electron chi connectivity index (χ0n) is 13.7. The van der Waals surface area contributed by atoms with Gasteiger partial charge in [0.15, 0.2) is 0 Å². The van der Waals surface area contributed by atoms with Gasteiger partial charge in [-0.05, 0) is 50.0 Å². The smallest absolute Gasteiger partial charge is 0.122 e. The number of aliphatic hydroxyl groups excluding tert-OH is 1. The third-order valence-electron chi connectivity index (χ3n) is 4.13. The molecule has 1 aromatic carbocycles. The van der Waals surface area contributed by atoms with E-state index in [9.17, 15) is 5.11 Å². The molecular formula is C17H28N2O3. The molecule has 22 heavy (non-hydrogen) atoms. The SMILES string of the molecule is COc1cc(CNCCCN2CCC(O)CC2)cc(OC)c1. The van der Waals surface area contributed by atoms with Gasteiger partial charge in [-0.2, -0.15) is 0 Å². The number of nitrogens with zero attached hydrogens (tertiary/aromatic N) is 1. The second-order valence-corrected chi connectivity index (χ2v) is 5.82. The van der Waals surface area contributed by atoms with Gasteiger partial charge in [0.1, 0.15) is 11.5 Å². The van der Waals surface area contributed by atoms with E-state index in [-0.39, 0.29) is 6.10 Å². The molecule has 1 fully saturated rings. The van der Waals surface area contributed by atoms with Gasteiger partial charge in [0, 0.05) is 25.7 Å². The van der Waals surface area contributed by atoms with Gasteiger partial charge in [-0.3, -0.25) is 0 Å². The lowest BCUT2D eigenvalue weighted by Crippen LogP contribution is -2.37. The minimum Gasteiger partial charge on any atom is -0.497 e. The first-order valence-corrected chi connectivity index (χ1v) is 8.04.